The maximum absolute atomic E-state index is 13.0. The van der Waals surface area contributed by atoms with Crippen molar-refractivity contribution in [1.29, 1.82) is 0 Å². The zero-order valence-corrected chi connectivity index (χ0v) is 19.4. The van der Waals surface area contributed by atoms with Crippen LogP contribution in [0.3, 0.4) is 0 Å². The minimum Gasteiger partial charge on any atom is -0.493 e. The first-order chi connectivity index (χ1) is 15.9. The third-order valence-corrected chi connectivity index (χ3v) is 7.39. The van der Waals surface area contributed by atoms with E-state index < -0.39 is 10.0 Å². The van der Waals surface area contributed by atoms with Gasteiger partial charge in [-0.2, -0.15) is 4.31 Å². The predicted octanol–water partition coefficient (Wildman–Crippen LogP) is 3.77. The number of nitrogens with zero attached hydrogens (tertiary/aromatic N) is 1. The van der Waals surface area contributed by atoms with Gasteiger partial charge in [0.1, 0.15) is 0 Å². The minimum atomic E-state index is -3.58. The molecule has 0 aliphatic carbocycles. The number of rotatable bonds is 7. The largest absolute Gasteiger partial charge is 0.493 e. The van der Waals surface area contributed by atoms with Crippen LogP contribution in [0.2, 0.25) is 0 Å². The van der Waals surface area contributed by atoms with Gasteiger partial charge in [0.15, 0.2) is 18.1 Å². The lowest BCUT2D eigenvalue weighted by molar-refractivity contribution is -0.118. The molecule has 0 aromatic heterocycles. The van der Waals surface area contributed by atoms with Crippen molar-refractivity contribution in [2.45, 2.75) is 24.8 Å². The Morgan fingerprint density at radius 2 is 1.79 bits per heavy atom. The maximum Gasteiger partial charge on any atom is 0.262 e. The summed E-state index contributed by atoms with van der Waals surface area (Å²) in [7, 11) is -2.02. The van der Waals surface area contributed by atoms with Crippen molar-refractivity contribution in [2.75, 3.05) is 25.6 Å². The molecular formula is C25H26N2O5S. The first-order valence-electron chi connectivity index (χ1n) is 10.6. The lowest BCUT2D eigenvalue weighted by Gasteiger charge is -2.28. The Kier molecular flexibility index (Phi) is 6.67. The fourth-order valence-corrected chi connectivity index (χ4v) is 5.23. The Hall–Kier alpha value is -3.36. The van der Waals surface area contributed by atoms with Gasteiger partial charge in [0, 0.05) is 18.8 Å². The molecule has 3 aromatic rings. The summed E-state index contributed by atoms with van der Waals surface area (Å²) >= 11 is 0. The van der Waals surface area contributed by atoms with E-state index in [0.717, 1.165) is 16.7 Å². The highest BCUT2D eigenvalue weighted by Gasteiger charge is 2.28. The van der Waals surface area contributed by atoms with Crippen molar-refractivity contribution in [3.05, 3.63) is 83.4 Å². The molecule has 0 saturated heterocycles. The van der Waals surface area contributed by atoms with Crippen molar-refractivity contribution in [3.8, 4) is 11.5 Å². The van der Waals surface area contributed by atoms with Crippen LogP contribution in [0.25, 0.3) is 0 Å². The molecule has 0 unspecified atom stereocenters. The van der Waals surface area contributed by atoms with Crippen LogP contribution in [0.4, 0.5) is 5.69 Å². The third kappa shape index (κ3) is 5.18. The quantitative estimate of drug-likeness (QED) is 0.573. The molecule has 1 heterocycles. The van der Waals surface area contributed by atoms with Crippen molar-refractivity contribution < 1.29 is 22.7 Å². The highest BCUT2D eigenvalue weighted by atomic mass is 32.2. The molecule has 33 heavy (non-hydrogen) atoms. The number of carbonyl (C=O) groups excluding carboxylic acids is 1. The number of hydrogen-bond acceptors (Lipinski definition) is 5. The zero-order chi connectivity index (χ0) is 23.4. The Morgan fingerprint density at radius 3 is 2.55 bits per heavy atom. The van der Waals surface area contributed by atoms with Crippen LogP contribution in [0.1, 0.15) is 16.7 Å². The summed E-state index contributed by atoms with van der Waals surface area (Å²) in [4.78, 5) is 12.7. The van der Waals surface area contributed by atoms with Crippen LogP contribution >= 0.6 is 0 Å². The minimum absolute atomic E-state index is 0.176. The molecule has 3 aromatic carbocycles. The second-order valence-electron chi connectivity index (χ2n) is 7.88. The van der Waals surface area contributed by atoms with E-state index in [9.17, 15) is 13.2 Å². The lowest BCUT2D eigenvalue weighted by Crippen LogP contribution is -2.36. The monoisotopic (exact) mass is 466 g/mol. The maximum atomic E-state index is 13.0. The fraction of sp³-hybridized carbons (Fsp3) is 0.240. The summed E-state index contributed by atoms with van der Waals surface area (Å²) in [6.07, 6.45) is 0.617. The molecule has 0 saturated carbocycles. The fourth-order valence-electron chi connectivity index (χ4n) is 3.79. The van der Waals surface area contributed by atoms with Crippen LogP contribution in [-0.2, 0) is 27.8 Å². The number of anilines is 1. The van der Waals surface area contributed by atoms with Crippen LogP contribution in [-0.4, -0.2) is 38.9 Å². The first-order valence-corrected chi connectivity index (χ1v) is 12.0. The molecule has 0 fully saturated rings. The molecular weight excluding hydrogens is 440 g/mol. The lowest BCUT2D eigenvalue weighted by atomic mass is 10.0. The second kappa shape index (κ2) is 9.64. The molecule has 1 N–H and O–H groups in total. The summed E-state index contributed by atoms with van der Waals surface area (Å²) in [6.45, 7) is 2.45. The van der Waals surface area contributed by atoms with Gasteiger partial charge in [-0.3, -0.25) is 4.79 Å². The number of amides is 1. The number of nitrogens with one attached hydrogen (secondary N) is 1. The average Bonchev–Trinajstić information content (AvgIpc) is 2.83. The molecule has 0 atom stereocenters. The zero-order valence-electron chi connectivity index (χ0n) is 18.6. The van der Waals surface area contributed by atoms with Crippen LogP contribution in [0, 0.1) is 6.92 Å². The molecule has 4 rings (SSSR count). The van der Waals surface area contributed by atoms with E-state index in [1.165, 1.54) is 4.31 Å². The topological polar surface area (TPSA) is 84.9 Å². The predicted molar refractivity (Wildman–Crippen MR) is 126 cm³/mol. The summed E-state index contributed by atoms with van der Waals surface area (Å²) in [5, 5.41) is 2.82. The van der Waals surface area contributed by atoms with Gasteiger partial charge < -0.3 is 14.8 Å². The first kappa shape index (κ1) is 22.8. The van der Waals surface area contributed by atoms with Crippen LogP contribution < -0.4 is 14.8 Å². The van der Waals surface area contributed by atoms with Crippen LogP contribution in [0.15, 0.2) is 71.6 Å². The van der Waals surface area contributed by atoms with Crippen molar-refractivity contribution in [1.82, 2.24) is 4.31 Å². The smallest absolute Gasteiger partial charge is 0.262 e. The van der Waals surface area contributed by atoms with Gasteiger partial charge in [-0.25, -0.2) is 8.42 Å². The number of benzene rings is 3. The van der Waals surface area contributed by atoms with Gasteiger partial charge in [-0.05, 0) is 66.4 Å². The Labute approximate surface area is 194 Å². The van der Waals surface area contributed by atoms with Gasteiger partial charge in [0.2, 0.25) is 10.0 Å². The molecule has 8 heteroatoms. The summed E-state index contributed by atoms with van der Waals surface area (Å²) in [5.74, 6) is 0.740. The number of aryl methyl sites for hydroxylation is 1. The SMILES string of the molecule is COc1cc(C)ccc1OCC(=O)Nc1ccc2c(c1)CN(S(=O)(=O)c1ccccc1)CC2. The summed E-state index contributed by atoms with van der Waals surface area (Å²) in [5.41, 5.74) is 3.58. The second-order valence-corrected chi connectivity index (χ2v) is 9.81. The van der Waals surface area contributed by atoms with E-state index in [1.54, 1.807) is 43.5 Å². The Bertz CT molecular complexity index is 1260. The molecule has 172 valence electrons. The van der Waals surface area contributed by atoms with E-state index in [4.69, 9.17) is 9.47 Å². The number of hydrogen-bond donors (Lipinski definition) is 1. The number of fused-ring (bicyclic) bond motifs is 1. The highest BCUT2D eigenvalue weighted by molar-refractivity contribution is 7.89. The Morgan fingerprint density at radius 1 is 1.00 bits per heavy atom. The normalized spacial score (nSPS) is 13.8. The summed E-state index contributed by atoms with van der Waals surface area (Å²) < 4.78 is 38.4. The van der Waals surface area contributed by atoms with E-state index in [1.807, 2.05) is 37.3 Å². The van der Waals surface area contributed by atoms with E-state index in [-0.39, 0.29) is 24.0 Å². The third-order valence-electron chi connectivity index (χ3n) is 5.53. The van der Waals surface area contributed by atoms with Crippen LogP contribution in [0.5, 0.6) is 11.5 Å². The van der Waals surface area contributed by atoms with Crippen molar-refractivity contribution in [2.24, 2.45) is 0 Å². The van der Waals surface area contributed by atoms with Gasteiger partial charge in [0.25, 0.3) is 5.91 Å². The molecule has 7 nitrogen and oxygen atoms in total. The highest BCUT2D eigenvalue weighted by Crippen LogP contribution is 2.29. The molecule has 1 aliphatic heterocycles. The van der Waals surface area contributed by atoms with Crippen molar-refractivity contribution in [3.63, 3.8) is 0 Å². The number of ether oxygens (including phenoxy) is 2. The molecule has 1 aliphatic rings. The molecule has 0 bridgehead atoms. The van der Waals surface area contributed by atoms with Crippen molar-refractivity contribution >= 4 is 21.6 Å². The standard InChI is InChI=1S/C25H26N2O5S/c1-18-8-11-23(24(14-18)31-2)32-17-25(28)26-21-10-9-19-12-13-27(16-20(19)15-21)33(29,30)22-6-4-3-5-7-22/h3-11,14-15H,12-13,16-17H2,1-2H3,(H,26,28). The van der Waals surface area contributed by atoms with Gasteiger partial charge >= 0.3 is 0 Å². The summed E-state index contributed by atoms with van der Waals surface area (Å²) in [6, 6.07) is 19.5. The van der Waals surface area contributed by atoms with E-state index >= 15 is 0 Å². The number of carbonyl (C=O) groups is 1. The molecule has 0 radical (unpaired) electrons. The van der Waals surface area contributed by atoms with Gasteiger partial charge in [-0.15, -0.1) is 0 Å². The van der Waals surface area contributed by atoms with Gasteiger partial charge in [-0.1, -0.05) is 30.3 Å². The molecule has 0 spiro atoms. The Balaban J connectivity index is 1.42. The molecule has 1 amide bonds. The van der Waals surface area contributed by atoms with E-state index in [0.29, 0.717) is 30.2 Å². The average molecular weight is 467 g/mol. The number of sulfonamides is 1. The number of methoxy groups -OCH3 is 1. The van der Waals surface area contributed by atoms with Gasteiger partial charge in [0.05, 0.1) is 12.0 Å². The van der Waals surface area contributed by atoms with E-state index in [2.05, 4.69) is 5.32 Å².